The van der Waals surface area contributed by atoms with Crippen LogP contribution in [0.4, 0.5) is 0 Å². The molecule has 248 valence electrons. The average Bonchev–Trinajstić information content (AvgIpc) is 2.69. The zero-order chi connectivity index (χ0) is 31.6. The Hall–Kier alpha value is -0.0100. The first-order valence-electron chi connectivity index (χ1n) is 17.0. The minimum absolute atomic E-state index is 0.922. The van der Waals surface area contributed by atoms with Crippen molar-refractivity contribution in [2.45, 2.75) is 153 Å². The second kappa shape index (κ2) is 20.9. The first-order chi connectivity index (χ1) is 18.8. The molecule has 0 atom stereocenters. The normalized spacial score (nSPS) is 21.9. The summed E-state index contributed by atoms with van der Waals surface area (Å²) in [6.45, 7) is 0. The SMILES string of the molecule is C[N+](C)(C)C1CCCCCCC1.C[N+](C)(C)C1CCCCCCC1.C[N+](C)(C)C1CCCCCCC1.O=P([O-])([O-])[O-]. The maximum atomic E-state index is 8.55. The first kappa shape index (κ1) is 41.0. The van der Waals surface area contributed by atoms with Crippen LogP contribution in [0.5, 0.6) is 0 Å². The Kier molecular flexibility index (Phi) is 20.9. The third kappa shape index (κ3) is 25.1. The van der Waals surface area contributed by atoms with Gasteiger partial charge in [0.05, 0.1) is 81.6 Å². The molecule has 8 heteroatoms. The van der Waals surface area contributed by atoms with Crippen molar-refractivity contribution in [2.24, 2.45) is 0 Å². The number of phosphoric acid groups is 1. The Morgan fingerprint density at radius 1 is 0.366 bits per heavy atom. The van der Waals surface area contributed by atoms with Crippen molar-refractivity contribution in [1.29, 1.82) is 0 Å². The second-order valence-electron chi connectivity index (χ2n) is 15.8. The van der Waals surface area contributed by atoms with Crippen molar-refractivity contribution < 1.29 is 32.7 Å². The highest BCUT2D eigenvalue weighted by Crippen LogP contribution is 2.24. The summed E-state index contributed by atoms with van der Waals surface area (Å²) in [5.41, 5.74) is 0. The average molecular weight is 606 g/mol. The number of hydrogen-bond acceptors (Lipinski definition) is 4. The molecule has 0 heterocycles. The highest BCUT2D eigenvalue weighted by Gasteiger charge is 2.25. The van der Waals surface area contributed by atoms with E-state index in [4.69, 9.17) is 19.2 Å². The maximum absolute atomic E-state index is 8.55. The molecule has 7 nitrogen and oxygen atoms in total. The molecule has 3 saturated carbocycles. The van der Waals surface area contributed by atoms with Gasteiger partial charge < -0.3 is 32.7 Å². The first-order valence-corrected chi connectivity index (χ1v) is 18.4. The minimum Gasteiger partial charge on any atom is -0.822 e. The summed E-state index contributed by atoms with van der Waals surface area (Å²) >= 11 is 0. The molecule has 0 radical (unpaired) electrons. The van der Waals surface area contributed by atoms with Crippen LogP contribution in [0.25, 0.3) is 0 Å². The second-order valence-corrected chi connectivity index (χ2v) is 16.7. The summed E-state index contributed by atoms with van der Waals surface area (Å²) in [7, 11) is 15.7. The van der Waals surface area contributed by atoms with Gasteiger partial charge in [0.1, 0.15) is 0 Å². The van der Waals surface area contributed by atoms with Crippen LogP contribution in [-0.4, -0.2) is 95.0 Å². The number of quaternary nitrogens is 3. The van der Waals surface area contributed by atoms with Gasteiger partial charge in [-0.3, -0.25) is 0 Å². The lowest BCUT2D eigenvalue weighted by Gasteiger charge is -2.36. The Bertz CT molecular complexity index is 571. The predicted octanol–water partition coefficient (Wildman–Crippen LogP) is 5.59. The third-order valence-electron chi connectivity index (χ3n) is 9.51. The highest BCUT2D eigenvalue weighted by molar-refractivity contribution is 7.40. The number of hydrogen-bond donors (Lipinski definition) is 0. The molecule has 0 bridgehead atoms. The van der Waals surface area contributed by atoms with Gasteiger partial charge in [-0.2, -0.15) is 7.82 Å². The van der Waals surface area contributed by atoms with Crippen LogP contribution in [0.15, 0.2) is 0 Å². The van der Waals surface area contributed by atoms with Crippen LogP contribution in [0.2, 0.25) is 0 Å². The van der Waals surface area contributed by atoms with Gasteiger partial charge in [0, 0.05) is 0 Å². The molecule has 0 aromatic rings. The van der Waals surface area contributed by atoms with Crippen LogP contribution in [0.1, 0.15) is 135 Å². The van der Waals surface area contributed by atoms with Crippen molar-refractivity contribution in [3.05, 3.63) is 0 Å². The lowest BCUT2D eigenvalue weighted by Crippen LogP contribution is -2.45. The van der Waals surface area contributed by atoms with Crippen molar-refractivity contribution in [1.82, 2.24) is 0 Å². The number of rotatable bonds is 3. The van der Waals surface area contributed by atoms with E-state index in [1.807, 2.05) is 0 Å². The van der Waals surface area contributed by atoms with Crippen molar-refractivity contribution in [3.63, 3.8) is 0 Å². The third-order valence-corrected chi connectivity index (χ3v) is 9.51. The Morgan fingerprint density at radius 2 is 0.488 bits per heavy atom. The number of nitrogens with zero attached hydrogens (tertiary/aromatic N) is 3. The van der Waals surface area contributed by atoms with E-state index in [0.717, 1.165) is 18.1 Å². The van der Waals surface area contributed by atoms with E-state index >= 15 is 0 Å². The van der Waals surface area contributed by atoms with Crippen LogP contribution in [0.3, 0.4) is 0 Å². The highest BCUT2D eigenvalue weighted by atomic mass is 31.2. The van der Waals surface area contributed by atoms with Crippen LogP contribution >= 0.6 is 7.82 Å². The Morgan fingerprint density at radius 3 is 0.610 bits per heavy atom. The topological polar surface area (TPSA) is 86.2 Å². The van der Waals surface area contributed by atoms with E-state index < -0.39 is 7.82 Å². The quantitative estimate of drug-likeness (QED) is 0.310. The van der Waals surface area contributed by atoms with Gasteiger partial charge in [-0.15, -0.1) is 0 Å². The van der Waals surface area contributed by atoms with E-state index in [1.165, 1.54) is 148 Å². The standard InChI is InChI=1S/3C11H24N.H3O4P/c3*1-12(2,3)11-9-7-5-4-6-8-10-11;1-5(2,3)4/h3*11H,4-10H2,1-3H3;(H3,1,2,3,4)/q3*+1;/p-3. The van der Waals surface area contributed by atoms with Crippen molar-refractivity contribution >= 4 is 7.82 Å². The van der Waals surface area contributed by atoms with E-state index in [0.29, 0.717) is 0 Å². The fraction of sp³-hybridized carbons (Fsp3) is 1.00. The van der Waals surface area contributed by atoms with E-state index in [2.05, 4.69) is 63.4 Å². The summed E-state index contributed by atoms with van der Waals surface area (Å²) < 4.78 is 12.0. The Labute approximate surface area is 256 Å². The van der Waals surface area contributed by atoms with Gasteiger partial charge in [0.15, 0.2) is 0 Å². The molecule has 0 aromatic carbocycles. The molecule has 0 N–H and O–H groups in total. The molecular weight excluding hydrogens is 533 g/mol. The monoisotopic (exact) mass is 606 g/mol. The molecule has 0 amide bonds. The molecular formula is C33H72N3O4P. The van der Waals surface area contributed by atoms with Gasteiger partial charge >= 0.3 is 0 Å². The van der Waals surface area contributed by atoms with Gasteiger partial charge in [-0.05, 0) is 77.0 Å². The van der Waals surface area contributed by atoms with E-state index in [9.17, 15) is 0 Å². The molecule has 0 spiro atoms. The molecule has 3 rings (SSSR count). The van der Waals surface area contributed by atoms with Crippen molar-refractivity contribution in [2.75, 3.05) is 63.4 Å². The lowest BCUT2D eigenvalue weighted by molar-refractivity contribution is -0.897. The predicted molar refractivity (Wildman–Crippen MR) is 170 cm³/mol. The summed E-state index contributed by atoms with van der Waals surface area (Å²) in [6, 6.07) is 2.76. The van der Waals surface area contributed by atoms with Gasteiger partial charge in [0.2, 0.25) is 0 Å². The molecule has 0 aliphatic heterocycles. The summed E-state index contributed by atoms with van der Waals surface area (Å²) in [4.78, 5) is 25.6. The zero-order valence-corrected chi connectivity index (χ0v) is 29.9. The van der Waals surface area contributed by atoms with Crippen molar-refractivity contribution in [3.8, 4) is 0 Å². The van der Waals surface area contributed by atoms with Crippen LogP contribution in [0, 0.1) is 0 Å². The smallest absolute Gasteiger partial charge is 0.0884 e. The molecule has 0 aromatic heterocycles. The van der Waals surface area contributed by atoms with Crippen LogP contribution in [-0.2, 0) is 4.57 Å². The summed E-state index contributed by atoms with van der Waals surface area (Å²) in [5.74, 6) is 0. The van der Waals surface area contributed by atoms with Gasteiger partial charge in [-0.1, -0.05) is 57.8 Å². The van der Waals surface area contributed by atoms with Crippen LogP contribution < -0.4 is 14.7 Å². The fourth-order valence-electron chi connectivity index (χ4n) is 6.63. The fourth-order valence-corrected chi connectivity index (χ4v) is 6.63. The van der Waals surface area contributed by atoms with Gasteiger partial charge in [0.25, 0.3) is 0 Å². The van der Waals surface area contributed by atoms with E-state index in [-0.39, 0.29) is 0 Å². The molecule has 0 unspecified atom stereocenters. The summed E-state index contributed by atoms with van der Waals surface area (Å²) in [5, 5.41) is 0. The molecule has 41 heavy (non-hydrogen) atoms. The van der Waals surface area contributed by atoms with Gasteiger partial charge in [-0.25, -0.2) is 0 Å². The zero-order valence-electron chi connectivity index (χ0n) is 29.0. The molecule has 3 fully saturated rings. The molecule has 3 aliphatic carbocycles. The Balaban J connectivity index is 0.000000541. The molecule has 0 saturated heterocycles. The minimum atomic E-state index is -5.39. The summed E-state index contributed by atoms with van der Waals surface area (Å²) in [6.07, 6.45) is 30.7. The largest absolute Gasteiger partial charge is 0.822 e. The lowest BCUT2D eigenvalue weighted by atomic mass is 9.95. The maximum Gasteiger partial charge on any atom is 0.0884 e. The van der Waals surface area contributed by atoms with E-state index in [1.54, 1.807) is 0 Å². The molecule has 3 aliphatic rings.